The van der Waals surface area contributed by atoms with Gasteiger partial charge in [0.1, 0.15) is 4.90 Å². The minimum atomic E-state index is -3.49. The summed E-state index contributed by atoms with van der Waals surface area (Å²) >= 11 is 1.84. The molecule has 0 spiro atoms. The molecule has 2 N–H and O–H groups in total. The van der Waals surface area contributed by atoms with Crippen LogP contribution < -0.4 is 5.32 Å². The van der Waals surface area contributed by atoms with Crippen LogP contribution in [-0.4, -0.2) is 53.6 Å². The molecular weight excluding hydrogens is 308 g/mol. The van der Waals surface area contributed by atoms with Gasteiger partial charge in [0, 0.05) is 30.1 Å². The molecule has 1 aromatic heterocycles. The summed E-state index contributed by atoms with van der Waals surface area (Å²) < 4.78 is 27.6. The van der Waals surface area contributed by atoms with Crippen LogP contribution in [0.15, 0.2) is 4.90 Å². The lowest BCUT2D eigenvalue weighted by molar-refractivity contribution is 0.414. The molecule has 1 aliphatic heterocycles. The summed E-state index contributed by atoms with van der Waals surface area (Å²) in [6.45, 7) is 7.65. The zero-order valence-electron chi connectivity index (χ0n) is 13.1. The van der Waals surface area contributed by atoms with Gasteiger partial charge in [-0.25, -0.2) is 8.42 Å². The van der Waals surface area contributed by atoms with Crippen molar-refractivity contribution in [3.8, 4) is 0 Å². The largest absolute Gasteiger partial charge is 0.314 e. The van der Waals surface area contributed by atoms with E-state index >= 15 is 0 Å². The van der Waals surface area contributed by atoms with Crippen LogP contribution in [0.4, 0.5) is 0 Å². The van der Waals surface area contributed by atoms with E-state index in [0.717, 1.165) is 12.2 Å². The molecule has 1 fully saturated rings. The Kier molecular flexibility index (Phi) is 5.02. The quantitative estimate of drug-likeness (QED) is 0.870. The highest BCUT2D eigenvalue weighted by molar-refractivity contribution is 8.00. The molecule has 0 aromatic carbocycles. The topological polar surface area (TPSA) is 78.1 Å². The second-order valence-corrected chi connectivity index (χ2v) is 9.59. The van der Waals surface area contributed by atoms with Crippen molar-refractivity contribution < 1.29 is 8.42 Å². The van der Waals surface area contributed by atoms with Crippen molar-refractivity contribution in [1.29, 1.82) is 0 Å². The molecule has 21 heavy (non-hydrogen) atoms. The molecular formula is C13H24N4O2S2. The first-order valence-electron chi connectivity index (χ1n) is 7.10. The Hall–Kier alpha value is -0.570. The lowest BCUT2D eigenvalue weighted by Crippen LogP contribution is -2.34. The molecule has 0 saturated carbocycles. The highest BCUT2D eigenvalue weighted by Crippen LogP contribution is 2.33. The first kappa shape index (κ1) is 16.8. The van der Waals surface area contributed by atoms with Crippen LogP contribution in [0.1, 0.15) is 31.7 Å². The summed E-state index contributed by atoms with van der Waals surface area (Å²) in [5, 5.41) is 9.89. The predicted molar refractivity (Wildman–Crippen MR) is 86.0 cm³/mol. The SMILES string of the molecule is CNCc1n[nH]c(C)c1S(=O)(=O)N1CCSC(C)(C)CC1. The normalized spacial score (nSPS) is 20.4. The molecule has 1 aliphatic rings. The zero-order chi connectivity index (χ0) is 15.7. The van der Waals surface area contributed by atoms with Crippen LogP contribution in [0.25, 0.3) is 0 Å². The van der Waals surface area contributed by atoms with Gasteiger partial charge in [-0.3, -0.25) is 5.10 Å². The predicted octanol–water partition coefficient (Wildman–Crippen LogP) is 1.34. The van der Waals surface area contributed by atoms with E-state index in [9.17, 15) is 8.42 Å². The maximum Gasteiger partial charge on any atom is 0.246 e. The first-order valence-corrected chi connectivity index (χ1v) is 9.53. The Morgan fingerprint density at radius 1 is 1.43 bits per heavy atom. The molecule has 2 heterocycles. The van der Waals surface area contributed by atoms with Crippen LogP contribution in [0.3, 0.4) is 0 Å². The molecule has 1 saturated heterocycles. The Balaban J connectivity index is 2.32. The Morgan fingerprint density at radius 3 is 2.81 bits per heavy atom. The Bertz CT molecular complexity index is 595. The first-order chi connectivity index (χ1) is 9.78. The molecule has 120 valence electrons. The van der Waals surface area contributed by atoms with Gasteiger partial charge in [0.2, 0.25) is 10.0 Å². The van der Waals surface area contributed by atoms with Gasteiger partial charge in [-0.15, -0.1) is 0 Å². The second kappa shape index (κ2) is 6.28. The molecule has 0 unspecified atom stereocenters. The molecule has 8 heteroatoms. The van der Waals surface area contributed by atoms with Crippen LogP contribution in [0, 0.1) is 6.92 Å². The van der Waals surface area contributed by atoms with Crippen LogP contribution in [-0.2, 0) is 16.6 Å². The smallest absolute Gasteiger partial charge is 0.246 e. The minimum absolute atomic E-state index is 0.128. The van der Waals surface area contributed by atoms with Crippen molar-refractivity contribution in [2.24, 2.45) is 0 Å². The van der Waals surface area contributed by atoms with E-state index in [2.05, 4.69) is 29.4 Å². The monoisotopic (exact) mass is 332 g/mol. The summed E-state index contributed by atoms with van der Waals surface area (Å²) in [5.41, 5.74) is 1.17. The lowest BCUT2D eigenvalue weighted by Gasteiger charge is -2.22. The molecule has 0 atom stereocenters. The van der Waals surface area contributed by atoms with E-state index in [1.54, 1.807) is 18.3 Å². The maximum atomic E-state index is 13.0. The average Bonchev–Trinajstić information content (AvgIpc) is 2.64. The third-order valence-electron chi connectivity index (χ3n) is 3.70. The van der Waals surface area contributed by atoms with Crippen molar-refractivity contribution in [2.75, 3.05) is 25.9 Å². The van der Waals surface area contributed by atoms with E-state index in [4.69, 9.17) is 0 Å². The highest BCUT2D eigenvalue weighted by Gasteiger charge is 2.34. The third-order valence-corrected chi connectivity index (χ3v) is 7.18. The van der Waals surface area contributed by atoms with Crippen molar-refractivity contribution in [3.05, 3.63) is 11.4 Å². The molecule has 0 radical (unpaired) electrons. The van der Waals surface area contributed by atoms with Crippen molar-refractivity contribution in [3.63, 3.8) is 0 Å². The lowest BCUT2D eigenvalue weighted by atomic mass is 10.1. The number of H-pyrrole nitrogens is 1. The standard InChI is InChI=1S/C13H24N4O2S2/c1-10-12(11(9-14-4)16-15-10)21(18,19)17-6-5-13(2,3)20-8-7-17/h14H,5-9H2,1-4H3,(H,15,16). The molecule has 0 amide bonds. The van der Waals surface area contributed by atoms with Gasteiger partial charge in [0.05, 0.1) is 11.4 Å². The number of thioether (sulfide) groups is 1. The van der Waals surface area contributed by atoms with E-state index in [-0.39, 0.29) is 4.75 Å². The molecule has 0 bridgehead atoms. The Labute approximate surface area is 131 Å². The van der Waals surface area contributed by atoms with Gasteiger partial charge in [0.25, 0.3) is 0 Å². The number of aromatic amines is 1. The molecule has 0 aliphatic carbocycles. The van der Waals surface area contributed by atoms with Crippen molar-refractivity contribution in [1.82, 2.24) is 19.8 Å². The number of rotatable bonds is 4. The van der Waals surface area contributed by atoms with Gasteiger partial charge in [-0.1, -0.05) is 13.8 Å². The van der Waals surface area contributed by atoms with Gasteiger partial charge in [-0.05, 0) is 20.4 Å². The number of aromatic nitrogens is 2. The fourth-order valence-electron chi connectivity index (χ4n) is 2.47. The summed E-state index contributed by atoms with van der Waals surface area (Å²) in [5.74, 6) is 0.824. The van der Waals surface area contributed by atoms with E-state index in [0.29, 0.717) is 35.9 Å². The molecule has 6 nitrogen and oxygen atoms in total. The summed E-state index contributed by atoms with van der Waals surface area (Å²) in [6.07, 6.45) is 0.856. The van der Waals surface area contributed by atoms with E-state index < -0.39 is 10.0 Å². The van der Waals surface area contributed by atoms with Gasteiger partial charge in [0.15, 0.2) is 0 Å². The molecule has 2 rings (SSSR count). The third kappa shape index (κ3) is 3.61. The van der Waals surface area contributed by atoms with Crippen LogP contribution in [0.2, 0.25) is 0 Å². The summed E-state index contributed by atoms with van der Waals surface area (Å²) in [6, 6.07) is 0. The minimum Gasteiger partial charge on any atom is -0.314 e. The number of nitrogens with zero attached hydrogens (tertiary/aromatic N) is 2. The highest BCUT2D eigenvalue weighted by atomic mass is 32.2. The molecule has 1 aromatic rings. The average molecular weight is 332 g/mol. The zero-order valence-corrected chi connectivity index (χ0v) is 14.7. The number of sulfonamides is 1. The van der Waals surface area contributed by atoms with Crippen molar-refractivity contribution in [2.45, 2.75) is 43.4 Å². The fourth-order valence-corrected chi connectivity index (χ4v) is 5.46. The van der Waals surface area contributed by atoms with Gasteiger partial charge >= 0.3 is 0 Å². The number of hydrogen-bond donors (Lipinski definition) is 2. The van der Waals surface area contributed by atoms with Crippen LogP contribution >= 0.6 is 11.8 Å². The number of nitrogens with one attached hydrogen (secondary N) is 2. The fraction of sp³-hybridized carbons (Fsp3) is 0.769. The maximum absolute atomic E-state index is 13.0. The van der Waals surface area contributed by atoms with Gasteiger partial charge < -0.3 is 5.32 Å². The van der Waals surface area contributed by atoms with Crippen molar-refractivity contribution >= 4 is 21.8 Å². The van der Waals surface area contributed by atoms with Gasteiger partial charge in [-0.2, -0.15) is 21.2 Å². The summed E-state index contributed by atoms with van der Waals surface area (Å²) in [4.78, 5) is 0.335. The van der Waals surface area contributed by atoms with E-state index in [1.165, 1.54) is 0 Å². The second-order valence-electron chi connectivity index (χ2n) is 5.92. The van der Waals surface area contributed by atoms with Crippen LogP contribution in [0.5, 0.6) is 0 Å². The summed E-state index contributed by atoms with van der Waals surface area (Å²) in [7, 11) is -1.71. The number of hydrogen-bond acceptors (Lipinski definition) is 5. The number of aryl methyl sites for hydroxylation is 1. The Morgan fingerprint density at radius 2 is 2.14 bits per heavy atom. The van der Waals surface area contributed by atoms with E-state index in [1.807, 2.05) is 11.8 Å².